The molecular formula is C7H7F3N2O. The van der Waals surface area contributed by atoms with Gasteiger partial charge in [-0.05, 0) is 0 Å². The van der Waals surface area contributed by atoms with Crippen LogP contribution in [0.5, 0.6) is 0 Å². The van der Waals surface area contributed by atoms with E-state index >= 15 is 0 Å². The van der Waals surface area contributed by atoms with E-state index in [0.717, 1.165) is 0 Å². The minimum Gasteiger partial charge on any atom is -0.354 e. The largest absolute Gasteiger partial charge is 0.354 e. The fourth-order valence-electron chi connectivity index (χ4n) is 0.877. The van der Waals surface area contributed by atoms with Crippen molar-refractivity contribution in [1.29, 1.82) is 0 Å². The third-order valence-corrected chi connectivity index (χ3v) is 1.50. The molecule has 3 nitrogen and oxygen atoms in total. The molecule has 1 rings (SSSR count). The van der Waals surface area contributed by atoms with E-state index in [2.05, 4.69) is 4.98 Å². The van der Waals surface area contributed by atoms with Gasteiger partial charge in [0.05, 0.1) is 11.4 Å². The number of aromatic nitrogens is 1. The third kappa shape index (κ3) is 1.89. The predicted molar refractivity (Wildman–Crippen MR) is 39.9 cm³/mol. The van der Waals surface area contributed by atoms with Gasteiger partial charge in [0.2, 0.25) is 5.43 Å². The number of alkyl halides is 2. The van der Waals surface area contributed by atoms with Crippen LogP contribution in [0.1, 0.15) is 17.8 Å². The Labute approximate surface area is 71.4 Å². The Bertz CT molecular complexity index is 361. The highest BCUT2D eigenvalue weighted by molar-refractivity contribution is 5.14. The summed E-state index contributed by atoms with van der Waals surface area (Å²) in [5, 5.41) is 0. The number of H-pyrrole nitrogens is 1. The Kier molecular flexibility index (Phi) is 2.72. The summed E-state index contributed by atoms with van der Waals surface area (Å²) >= 11 is 0. The van der Waals surface area contributed by atoms with E-state index in [4.69, 9.17) is 5.73 Å². The second kappa shape index (κ2) is 3.61. The van der Waals surface area contributed by atoms with Crippen molar-refractivity contribution >= 4 is 0 Å². The van der Waals surface area contributed by atoms with E-state index in [1.165, 1.54) is 0 Å². The number of aromatic amines is 1. The Hall–Kier alpha value is -1.30. The fourth-order valence-corrected chi connectivity index (χ4v) is 0.877. The molecular weight excluding hydrogens is 185 g/mol. The summed E-state index contributed by atoms with van der Waals surface area (Å²) in [7, 11) is 0. The average molecular weight is 192 g/mol. The summed E-state index contributed by atoms with van der Waals surface area (Å²) in [6, 6.07) is 0.527. The molecule has 0 saturated heterocycles. The van der Waals surface area contributed by atoms with Gasteiger partial charge in [-0.1, -0.05) is 0 Å². The van der Waals surface area contributed by atoms with Gasteiger partial charge in [-0.3, -0.25) is 4.79 Å². The van der Waals surface area contributed by atoms with Crippen LogP contribution < -0.4 is 11.2 Å². The average Bonchev–Trinajstić information content (AvgIpc) is 2.09. The van der Waals surface area contributed by atoms with E-state index in [0.29, 0.717) is 6.07 Å². The lowest BCUT2D eigenvalue weighted by atomic mass is 10.3. The molecule has 0 unspecified atom stereocenters. The second-order valence-corrected chi connectivity index (χ2v) is 2.39. The fraction of sp³-hybridized carbons (Fsp3) is 0.286. The van der Waals surface area contributed by atoms with Crippen molar-refractivity contribution < 1.29 is 13.2 Å². The van der Waals surface area contributed by atoms with Crippen molar-refractivity contribution in [3.63, 3.8) is 0 Å². The molecule has 0 radical (unpaired) electrons. The van der Waals surface area contributed by atoms with Crippen LogP contribution in [-0.2, 0) is 6.54 Å². The first-order valence-electron chi connectivity index (χ1n) is 3.46. The Balaban J connectivity index is 3.31. The molecule has 13 heavy (non-hydrogen) atoms. The van der Waals surface area contributed by atoms with Crippen LogP contribution in [0.2, 0.25) is 0 Å². The Morgan fingerprint density at radius 3 is 2.62 bits per heavy atom. The molecule has 0 bridgehead atoms. The van der Waals surface area contributed by atoms with Gasteiger partial charge in [0, 0.05) is 12.6 Å². The van der Waals surface area contributed by atoms with Crippen LogP contribution >= 0.6 is 0 Å². The summed E-state index contributed by atoms with van der Waals surface area (Å²) in [4.78, 5) is 12.8. The molecule has 1 heterocycles. The molecule has 0 spiro atoms. The lowest BCUT2D eigenvalue weighted by Gasteiger charge is -2.03. The molecule has 0 aliphatic carbocycles. The Morgan fingerprint density at radius 2 is 2.15 bits per heavy atom. The number of hydrogen-bond acceptors (Lipinski definition) is 2. The number of halogens is 3. The number of hydrogen-bond donors (Lipinski definition) is 2. The quantitative estimate of drug-likeness (QED) is 0.731. The van der Waals surface area contributed by atoms with Crippen molar-refractivity contribution in [2.75, 3.05) is 0 Å². The van der Waals surface area contributed by atoms with Crippen molar-refractivity contribution in [1.82, 2.24) is 4.98 Å². The SMILES string of the molecule is NCc1[nH]c(C(F)F)cc(=O)c1F. The van der Waals surface area contributed by atoms with E-state index in [1.807, 2.05) is 0 Å². The zero-order valence-electron chi connectivity index (χ0n) is 6.48. The maximum Gasteiger partial charge on any atom is 0.278 e. The highest BCUT2D eigenvalue weighted by atomic mass is 19.3. The Morgan fingerprint density at radius 1 is 1.54 bits per heavy atom. The summed E-state index contributed by atoms with van der Waals surface area (Å²) in [5.74, 6) is -1.10. The number of nitrogens with one attached hydrogen (secondary N) is 1. The number of nitrogens with two attached hydrogens (primary N) is 1. The summed E-state index contributed by atoms with van der Waals surface area (Å²) in [6.07, 6.45) is -2.83. The number of pyridine rings is 1. The number of rotatable bonds is 2. The van der Waals surface area contributed by atoms with Crippen LogP contribution in [0.3, 0.4) is 0 Å². The molecule has 0 fully saturated rings. The van der Waals surface area contributed by atoms with Gasteiger partial charge < -0.3 is 10.7 Å². The lowest BCUT2D eigenvalue weighted by molar-refractivity contribution is 0.145. The molecule has 1 aromatic heterocycles. The van der Waals surface area contributed by atoms with Crippen LogP contribution in [-0.4, -0.2) is 4.98 Å². The minimum absolute atomic E-state index is 0.303. The lowest BCUT2D eigenvalue weighted by Crippen LogP contribution is -2.16. The van der Waals surface area contributed by atoms with E-state index in [-0.39, 0.29) is 12.2 Å². The minimum atomic E-state index is -2.83. The summed E-state index contributed by atoms with van der Waals surface area (Å²) < 4.78 is 36.9. The first-order chi connectivity index (χ1) is 6.06. The van der Waals surface area contributed by atoms with Gasteiger partial charge in [-0.25, -0.2) is 13.2 Å². The topological polar surface area (TPSA) is 58.9 Å². The summed E-state index contributed by atoms with van der Waals surface area (Å²) in [5.41, 5.74) is 3.04. The van der Waals surface area contributed by atoms with Gasteiger partial charge in [0.25, 0.3) is 6.43 Å². The second-order valence-electron chi connectivity index (χ2n) is 2.39. The standard InChI is InChI=1S/C7H7F3N2O/c8-6-4(2-11)12-3(7(9)10)1-5(6)13/h1,7H,2,11H2,(H,12,13). The zero-order chi connectivity index (χ0) is 10.0. The van der Waals surface area contributed by atoms with Gasteiger partial charge >= 0.3 is 0 Å². The van der Waals surface area contributed by atoms with Crippen LogP contribution in [0, 0.1) is 5.82 Å². The molecule has 1 aromatic rings. The van der Waals surface area contributed by atoms with Gasteiger partial charge in [0.15, 0.2) is 5.82 Å². The smallest absolute Gasteiger partial charge is 0.278 e. The first-order valence-corrected chi connectivity index (χ1v) is 3.46. The highest BCUT2D eigenvalue weighted by Crippen LogP contribution is 2.15. The van der Waals surface area contributed by atoms with E-state index in [1.54, 1.807) is 0 Å². The van der Waals surface area contributed by atoms with Gasteiger partial charge in [-0.2, -0.15) is 0 Å². The van der Waals surface area contributed by atoms with Crippen molar-refractivity contribution in [2.45, 2.75) is 13.0 Å². The van der Waals surface area contributed by atoms with E-state index in [9.17, 15) is 18.0 Å². The molecule has 72 valence electrons. The van der Waals surface area contributed by atoms with Crippen LogP contribution in [0.4, 0.5) is 13.2 Å². The van der Waals surface area contributed by atoms with Crippen molar-refractivity contribution in [2.24, 2.45) is 5.73 Å². The molecule has 0 saturated carbocycles. The normalized spacial score (nSPS) is 10.8. The maximum atomic E-state index is 12.8. The zero-order valence-corrected chi connectivity index (χ0v) is 6.48. The maximum absolute atomic E-state index is 12.8. The predicted octanol–water partition coefficient (Wildman–Crippen LogP) is 0.910. The molecule has 0 amide bonds. The molecule has 6 heteroatoms. The van der Waals surface area contributed by atoms with Gasteiger partial charge in [0.1, 0.15) is 0 Å². The summed E-state index contributed by atoms with van der Waals surface area (Å²) in [6.45, 7) is -0.318. The molecule has 0 aliphatic rings. The molecule has 0 atom stereocenters. The van der Waals surface area contributed by atoms with E-state index < -0.39 is 23.4 Å². The van der Waals surface area contributed by atoms with Crippen molar-refractivity contribution in [3.8, 4) is 0 Å². The van der Waals surface area contributed by atoms with Gasteiger partial charge in [-0.15, -0.1) is 0 Å². The third-order valence-electron chi connectivity index (χ3n) is 1.50. The monoisotopic (exact) mass is 192 g/mol. The van der Waals surface area contributed by atoms with Crippen LogP contribution in [0.15, 0.2) is 10.9 Å². The molecule has 0 aromatic carbocycles. The molecule has 3 N–H and O–H groups in total. The van der Waals surface area contributed by atoms with Crippen molar-refractivity contribution in [3.05, 3.63) is 33.5 Å². The highest BCUT2D eigenvalue weighted by Gasteiger charge is 2.13. The van der Waals surface area contributed by atoms with Crippen LogP contribution in [0.25, 0.3) is 0 Å². The first kappa shape index (κ1) is 9.79. The molecule has 0 aliphatic heterocycles.